The Morgan fingerprint density at radius 1 is 1.14 bits per heavy atom. The number of nitrogens with one attached hydrogen (secondary N) is 2. The van der Waals surface area contributed by atoms with Crippen molar-refractivity contribution in [2.45, 2.75) is 32.2 Å². The van der Waals surface area contributed by atoms with E-state index in [1.807, 2.05) is 37.5 Å². The molecule has 3 heterocycles. The van der Waals surface area contributed by atoms with Gasteiger partial charge in [-0.25, -0.2) is 0 Å². The second kappa shape index (κ2) is 6.68. The first kappa shape index (κ1) is 16.8. The highest BCUT2D eigenvalue weighted by molar-refractivity contribution is 5.79. The Bertz CT molecular complexity index is 1210. The minimum atomic E-state index is -0.149. The molecule has 0 saturated heterocycles. The number of benzene rings is 2. The first-order valence-electron chi connectivity index (χ1n) is 9.67. The van der Waals surface area contributed by atoms with E-state index in [4.69, 9.17) is 4.99 Å². The number of fused-ring (bicyclic) bond motifs is 1. The molecule has 5 heteroatoms. The number of para-hydroxylation sites is 1. The fourth-order valence-corrected chi connectivity index (χ4v) is 4.16. The molecule has 0 aliphatic carbocycles. The second-order valence-electron chi connectivity index (χ2n) is 7.38. The highest BCUT2D eigenvalue weighted by atomic mass is 16.3. The molecule has 3 N–H and O–H groups in total. The number of phenolic OH excluding ortho intramolecular Hbond substituents is 1. The molecule has 1 unspecified atom stereocenters. The van der Waals surface area contributed by atoms with Crippen LogP contribution in [0.3, 0.4) is 0 Å². The van der Waals surface area contributed by atoms with Crippen molar-refractivity contribution in [2.75, 3.05) is 5.43 Å². The maximum atomic E-state index is 9.98. The molecular formula is C23H22N4O. The van der Waals surface area contributed by atoms with Gasteiger partial charge < -0.3 is 10.1 Å². The van der Waals surface area contributed by atoms with Crippen LogP contribution in [0.2, 0.25) is 0 Å². The third kappa shape index (κ3) is 2.71. The monoisotopic (exact) mass is 370 g/mol. The molecule has 1 aromatic heterocycles. The van der Waals surface area contributed by atoms with Crippen LogP contribution in [0, 0.1) is 6.92 Å². The average Bonchev–Trinajstić information content (AvgIpc) is 3.09. The third-order valence-electron chi connectivity index (χ3n) is 5.57. The molecule has 5 nitrogen and oxygen atoms in total. The van der Waals surface area contributed by atoms with E-state index in [0.29, 0.717) is 5.75 Å². The Balaban J connectivity index is 1.83. The summed E-state index contributed by atoms with van der Waals surface area (Å²) in [4.78, 5) is 8.53. The van der Waals surface area contributed by atoms with Crippen molar-refractivity contribution < 1.29 is 5.11 Å². The highest BCUT2D eigenvalue weighted by Crippen LogP contribution is 2.39. The molecule has 3 aromatic rings. The van der Waals surface area contributed by atoms with Gasteiger partial charge >= 0.3 is 0 Å². The lowest BCUT2D eigenvalue weighted by Crippen LogP contribution is -2.27. The van der Waals surface area contributed by atoms with Gasteiger partial charge in [0.05, 0.1) is 5.36 Å². The quantitative estimate of drug-likeness (QED) is 0.613. The van der Waals surface area contributed by atoms with Crippen molar-refractivity contribution in [3.05, 3.63) is 81.5 Å². The summed E-state index contributed by atoms with van der Waals surface area (Å²) in [7, 11) is 0. The standard InChI is InChI=1S/C23H22N4O/c1-14-12-15(9-10-20(14)28)22-18-13-24-23-21(18)17(7-4-5-11-25-27-23)16-6-2-3-8-19(16)26-22/h2-3,6,8-13,22,24,27-28H,4-5,7H2,1H3. The molecule has 0 amide bonds. The SMILES string of the molecule is Cc1cc(C2N=c3ccccc3=C3CCCC=NNc4[nH]cc2c43)ccc1O. The van der Waals surface area contributed by atoms with Crippen LogP contribution in [-0.4, -0.2) is 16.3 Å². The topological polar surface area (TPSA) is 72.8 Å². The molecule has 140 valence electrons. The number of phenols is 1. The van der Waals surface area contributed by atoms with Crippen molar-refractivity contribution in [3.8, 4) is 5.75 Å². The van der Waals surface area contributed by atoms with Crippen LogP contribution in [0.25, 0.3) is 5.57 Å². The molecular weight excluding hydrogens is 348 g/mol. The fraction of sp³-hybridized carbons (Fsp3) is 0.217. The summed E-state index contributed by atoms with van der Waals surface area (Å²) in [6.07, 6.45) is 6.93. The smallest absolute Gasteiger partial charge is 0.131 e. The van der Waals surface area contributed by atoms with E-state index in [1.165, 1.54) is 16.4 Å². The summed E-state index contributed by atoms with van der Waals surface area (Å²) in [6.45, 7) is 1.92. The van der Waals surface area contributed by atoms with Crippen LogP contribution >= 0.6 is 0 Å². The van der Waals surface area contributed by atoms with Gasteiger partial charge in [0.1, 0.15) is 17.6 Å². The van der Waals surface area contributed by atoms with Gasteiger partial charge in [-0.05, 0) is 61.1 Å². The summed E-state index contributed by atoms with van der Waals surface area (Å²) in [6, 6.07) is 14.0. The van der Waals surface area contributed by atoms with Crippen LogP contribution in [0.5, 0.6) is 5.75 Å². The normalized spacial score (nSPS) is 17.9. The lowest BCUT2D eigenvalue weighted by molar-refractivity contribution is 0.470. The largest absolute Gasteiger partial charge is 0.508 e. The van der Waals surface area contributed by atoms with Gasteiger partial charge in [-0.15, -0.1) is 0 Å². The number of nitrogens with zero attached hydrogens (tertiary/aromatic N) is 2. The van der Waals surface area contributed by atoms with Crippen molar-refractivity contribution in [2.24, 2.45) is 10.1 Å². The number of aromatic amines is 1. The Morgan fingerprint density at radius 3 is 2.93 bits per heavy atom. The summed E-state index contributed by atoms with van der Waals surface area (Å²) in [5.41, 5.74) is 8.72. The number of aromatic hydroxyl groups is 1. The van der Waals surface area contributed by atoms with E-state index in [-0.39, 0.29) is 6.04 Å². The zero-order chi connectivity index (χ0) is 19.1. The van der Waals surface area contributed by atoms with Crippen LogP contribution in [-0.2, 0) is 0 Å². The minimum Gasteiger partial charge on any atom is -0.508 e. The summed E-state index contributed by atoms with van der Waals surface area (Å²) < 4.78 is 0. The Labute approximate surface area is 163 Å². The van der Waals surface area contributed by atoms with Gasteiger partial charge in [-0.1, -0.05) is 24.3 Å². The van der Waals surface area contributed by atoms with E-state index in [2.05, 4.69) is 33.7 Å². The van der Waals surface area contributed by atoms with Gasteiger partial charge in [0.25, 0.3) is 0 Å². The predicted octanol–water partition coefficient (Wildman–Crippen LogP) is 3.53. The van der Waals surface area contributed by atoms with Gasteiger partial charge in [-0.2, -0.15) is 5.10 Å². The van der Waals surface area contributed by atoms with Crippen LogP contribution in [0.1, 0.15) is 47.6 Å². The van der Waals surface area contributed by atoms with E-state index in [1.54, 1.807) is 6.07 Å². The molecule has 0 saturated carbocycles. The Hall–Kier alpha value is -3.34. The van der Waals surface area contributed by atoms with Gasteiger partial charge in [0, 0.05) is 28.8 Å². The highest BCUT2D eigenvalue weighted by Gasteiger charge is 2.26. The number of rotatable bonds is 1. The van der Waals surface area contributed by atoms with Gasteiger partial charge in [-0.3, -0.25) is 10.4 Å². The first-order valence-corrected chi connectivity index (χ1v) is 9.67. The number of aromatic nitrogens is 1. The number of H-pyrrole nitrogens is 1. The van der Waals surface area contributed by atoms with E-state index in [9.17, 15) is 5.11 Å². The molecule has 0 bridgehead atoms. The predicted molar refractivity (Wildman–Crippen MR) is 111 cm³/mol. The lowest BCUT2D eigenvalue weighted by atomic mass is 9.91. The summed E-state index contributed by atoms with van der Waals surface area (Å²) >= 11 is 0. The van der Waals surface area contributed by atoms with E-state index in [0.717, 1.165) is 47.1 Å². The summed E-state index contributed by atoms with van der Waals surface area (Å²) in [5, 5.41) is 16.5. The molecule has 1 atom stereocenters. The van der Waals surface area contributed by atoms with E-state index >= 15 is 0 Å². The Morgan fingerprint density at radius 2 is 2.04 bits per heavy atom. The van der Waals surface area contributed by atoms with Gasteiger partial charge in [0.2, 0.25) is 0 Å². The zero-order valence-corrected chi connectivity index (χ0v) is 15.7. The molecule has 0 spiro atoms. The molecule has 0 radical (unpaired) electrons. The fourth-order valence-electron chi connectivity index (χ4n) is 4.16. The third-order valence-corrected chi connectivity index (χ3v) is 5.57. The number of anilines is 1. The van der Waals surface area contributed by atoms with Crippen LogP contribution in [0.4, 0.5) is 5.82 Å². The number of aryl methyl sites for hydroxylation is 1. The Kier molecular flexibility index (Phi) is 4.01. The molecule has 2 aromatic carbocycles. The molecule has 0 fully saturated rings. The van der Waals surface area contributed by atoms with Crippen LogP contribution < -0.4 is 16.0 Å². The van der Waals surface area contributed by atoms with E-state index < -0.39 is 0 Å². The van der Waals surface area contributed by atoms with Crippen molar-refractivity contribution in [3.63, 3.8) is 0 Å². The lowest BCUT2D eigenvalue weighted by Gasteiger charge is -2.15. The summed E-state index contributed by atoms with van der Waals surface area (Å²) in [5.74, 6) is 1.22. The molecule has 5 rings (SSSR count). The van der Waals surface area contributed by atoms with Crippen LogP contribution in [0.15, 0.2) is 58.8 Å². The minimum absolute atomic E-state index is 0.149. The van der Waals surface area contributed by atoms with Crippen molar-refractivity contribution in [1.82, 2.24) is 4.98 Å². The maximum absolute atomic E-state index is 9.98. The molecule has 2 aliphatic rings. The first-order chi connectivity index (χ1) is 13.7. The molecule has 2 aliphatic heterocycles. The van der Waals surface area contributed by atoms with Crippen molar-refractivity contribution in [1.29, 1.82) is 0 Å². The number of hydrazone groups is 1. The number of hydrogen-bond acceptors (Lipinski definition) is 4. The average molecular weight is 370 g/mol. The number of hydrogen-bond donors (Lipinski definition) is 3. The second-order valence-corrected chi connectivity index (χ2v) is 7.38. The van der Waals surface area contributed by atoms with Gasteiger partial charge in [0.15, 0.2) is 0 Å². The molecule has 28 heavy (non-hydrogen) atoms. The van der Waals surface area contributed by atoms with Crippen molar-refractivity contribution >= 4 is 17.6 Å². The zero-order valence-electron chi connectivity index (χ0n) is 15.7. The maximum Gasteiger partial charge on any atom is 0.131 e.